The molecule has 0 aliphatic carbocycles. The number of aryl methyl sites for hydroxylation is 1. The number of rotatable bonds is 3. The number of nitrogens with zero attached hydrogens (tertiary/aromatic N) is 3. The second kappa shape index (κ2) is 7.09. The standard InChI is InChI=1S/C20H14N4S/c1-13-7-9-14(10-8-13)18-16(11-21)19(23)24-20(17(18)12-22)25-15-5-3-2-4-6-15/h2-10H,1H3,(H2,23,24). The Kier molecular flexibility index (Phi) is 4.70. The molecule has 120 valence electrons. The summed E-state index contributed by atoms with van der Waals surface area (Å²) in [5.41, 5.74) is 9.04. The number of aromatic nitrogens is 1. The van der Waals surface area contributed by atoms with E-state index in [2.05, 4.69) is 17.1 Å². The van der Waals surface area contributed by atoms with E-state index in [0.29, 0.717) is 16.2 Å². The Morgan fingerprint density at radius 2 is 1.56 bits per heavy atom. The van der Waals surface area contributed by atoms with Gasteiger partial charge in [-0.3, -0.25) is 0 Å². The largest absolute Gasteiger partial charge is 0.383 e. The van der Waals surface area contributed by atoms with Crippen LogP contribution in [0.3, 0.4) is 0 Å². The highest BCUT2D eigenvalue weighted by molar-refractivity contribution is 7.99. The van der Waals surface area contributed by atoms with E-state index >= 15 is 0 Å². The van der Waals surface area contributed by atoms with Crippen molar-refractivity contribution in [3.8, 4) is 23.3 Å². The van der Waals surface area contributed by atoms with Crippen molar-refractivity contribution in [1.29, 1.82) is 10.5 Å². The van der Waals surface area contributed by atoms with Crippen molar-refractivity contribution in [3.63, 3.8) is 0 Å². The van der Waals surface area contributed by atoms with Crippen molar-refractivity contribution < 1.29 is 0 Å². The molecule has 2 aromatic carbocycles. The minimum absolute atomic E-state index is 0.135. The van der Waals surface area contributed by atoms with Crippen LogP contribution in [-0.2, 0) is 0 Å². The van der Waals surface area contributed by atoms with Crippen molar-refractivity contribution in [2.75, 3.05) is 5.73 Å². The fourth-order valence-electron chi connectivity index (χ4n) is 2.48. The van der Waals surface area contributed by atoms with Crippen molar-refractivity contribution in [2.45, 2.75) is 16.8 Å². The number of benzene rings is 2. The Morgan fingerprint density at radius 1 is 0.920 bits per heavy atom. The molecule has 1 heterocycles. The lowest BCUT2D eigenvalue weighted by Crippen LogP contribution is -2.03. The van der Waals surface area contributed by atoms with Crippen LogP contribution in [0.1, 0.15) is 16.7 Å². The number of hydrogen-bond acceptors (Lipinski definition) is 5. The van der Waals surface area contributed by atoms with Crippen LogP contribution in [0, 0.1) is 29.6 Å². The van der Waals surface area contributed by atoms with E-state index in [1.165, 1.54) is 11.8 Å². The smallest absolute Gasteiger partial charge is 0.143 e. The van der Waals surface area contributed by atoms with Crippen LogP contribution in [0.25, 0.3) is 11.1 Å². The Labute approximate surface area is 150 Å². The van der Waals surface area contributed by atoms with Crippen molar-refractivity contribution in [2.24, 2.45) is 0 Å². The third-order valence-corrected chi connectivity index (χ3v) is 4.71. The molecular weight excluding hydrogens is 328 g/mol. The van der Waals surface area contributed by atoms with Gasteiger partial charge in [0.25, 0.3) is 0 Å². The molecule has 5 heteroatoms. The molecule has 0 saturated heterocycles. The number of pyridine rings is 1. The summed E-state index contributed by atoms with van der Waals surface area (Å²) < 4.78 is 0. The van der Waals surface area contributed by atoms with Gasteiger partial charge in [0.1, 0.15) is 28.5 Å². The summed E-state index contributed by atoms with van der Waals surface area (Å²) in [7, 11) is 0. The number of nitrogen functional groups attached to an aromatic ring is 1. The van der Waals surface area contributed by atoms with Gasteiger partial charge in [0.15, 0.2) is 0 Å². The summed E-state index contributed by atoms with van der Waals surface area (Å²) in [6.45, 7) is 1.98. The second-order valence-electron chi connectivity index (χ2n) is 5.43. The van der Waals surface area contributed by atoms with Crippen LogP contribution in [-0.4, -0.2) is 4.98 Å². The number of hydrogen-bond donors (Lipinski definition) is 1. The molecule has 0 amide bonds. The van der Waals surface area contributed by atoms with Gasteiger partial charge in [-0.15, -0.1) is 0 Å². The van der Waals surface area contributed by atoms with E-state index in [0.717, 1.165) is 16.0 Å². The highest BCUT2D eigenvalue weighted by Gasteiger charge is 2.20. The lowest BCUT2D eigenvalue weighted by atomic mass is 9.96. The molecule has 2 N–H and O–H groups in total. The normalized spacial score (nSPS) is 10.0. The van der Waals surface area contributed by atoms with Crippen LogP contribution >= 0.6 is 11.8 Å². The Bertz CT molecular complexity index is 997. The Morgan fingerprint density at radius 3 is 2.16 bits per heavy atom. The van der Waals surface area contributed by atoms with Crippen LogP contribution in [0.5, 0.6) is 0 Å². The summed E-state index contributed by atoms with van der Waals surface area (Å²) in [6, 6.07) is 21.6. The van der Waals surface area contributed by atoms with E-state index in [1.807, 2.05) is 61.5 Å². The Hall–Kier alpha value is -3.28. The van der Waals surface area contributed by atoms with E-state index in [9.17, 15) is 10.5 Å². The number of anilines is 1. The quantitative estimate of drug-likeness (QED) is 0.755. The summed E-state index contributed by atoms with van der Waals surface area (Å²) >= 11 is 1.36. The maximum Gasteiger partial charge on any atom is 0.143 e. The maximum absolute atomic E-state index is 9.75. The fraction of sp³-hybridized carbons (Fsp3) is 0.0500. The van der Waals surface area contributed by atoms with Crippen LogP contribution in [0.4, 0.5) is 5.82 Å². The topological polar surface area (TPSA) is 86.5 Å². The molecule has 0 radical (unpaired) electrons. The molecule has 3 rings (SSSR count). The number of nitrogens with two attached hydrogens (primary N) is 1. The summed E-state index contributed by atoms with van der Waals surface area (Å²) in [5.74, 6) is 0.135. The molecule has 0 unspecified atom stereocenters. The fourth-order valence-corrected chi connectivity index (χ4v) is 3.39. The van der Waals surface area contributed by atoms with E-state index in [-0.39, 0.29) is 11.4 Å². The maximum atomic E-state index is 9.75. The van der Waals surface area contributed by atoms with Gasteiger partial charge in [-0.2, -0.15) is 10.5 Å². The molecule has 0 aliphatic heterocycles. The molecule has 0 spiro atoms. The molecule has 0 bridgehead atoms. The molecule has 0 atom stereocenters. The third kappa shape index (κ3) is 3.33. The predicted molar refractivity (Wildman–Crippen MR) is 98.8 cm³/mol. The van der Waals surface area contributed by atoms with Gasteiger partial charge in [-0.05, 0) is 24.6 Å². The monoisotopic (exact) mass is 342 g/mol. The van der Waals surface area contributed by atoms with Gasteiger partial charge < -0.3 is 5.73 Å². The van der Waals surface area contributed by atoms with Crippen molar-refractivity contribution >= 4 is 17.6 Å². The highest BCUT2D eigenvalue weighted by atomic mass is 32.2. The summed E-state index contributed by atoms with van der Waals surface area (Å²) in [6.07, 6.45) is 0. The molecule has 3 aromatic rings. The van der Waals surface area contributed by atoms with Crippen molar-refractivity contribution in [3.05, 3.63) is 71.3 Å². The molecular formula is C20H14N4S. The summed E-state index contributed by atoms with van der Waals surface area (Å²) in [5, 5.41) is 19.8. The van der Waals surface area contributed by atoms with Gasteiger partial charge in [-0.25, -0.2) is 4.98 Å². The molecule has 1 aromatic heterocycles. The SMILES string of the molecule is Cc1ccc(-c2c(C#N)c(N)nc(Sc3ccccc3)c2C#N)cc1. The van der Waals surface area contributed by atoms with Gasteiger partial charge >= 0.3 is 0 Å². The molecule has 0 aliphatic rings. The molecule has 25 heavy (non-hydrogen) atoms. The lowest BCUT2D eigenvalue weighted by molar-refractivity contribution is 1.11. The van der Waals surface area contributed by atoms with Crippen LogP contribution < -0.4 is 5.73 Å². The third-order valence-electron chi connectivity index (χ3n) is 3.71. The van der Waals surface area contributed by atoms with Gasteiger partial charge in [-0.1, -0.05) is 59.8 Å². The minimum Gasteiger partial charge on any atom is -0.383 e. The van der Waals surface area contributed by atoms with Gasteiger partial charge in [0, 0.05) is 10.5 Å². The van der Waals surface area contributed by atoms with E-state index < -0.39 is 0 Å². The van der Waals surface area contributed by atoms with Crippen LogP contribution in [0.2, 0.25) is 0 Å². The second-order valence-corrected chi connectivity index (χ2v) is 6.49. The average Bonchev–Trinajstić information content (AvgIpc) is 2.63. The molecule has 0 fully saturated rings. The minimum atomic E-state index is 0.135. The average molecular weight is 342 g/mol. The predicted octanol–water partition coefficient (Wildman–Crippen LogP) is 4.53. The first kappa shape index (κ1) is 16.6. The van der Waals surface area contributed by atoms with Crippen LogP contribution in [0.15, 0.2) is 64.5 Å². The van der Waals surface area contributed by atoms with E-state index in [1.54, 1.807) is 0 Å². The van der Waals surface area contributed by atoms with Crippen molar-refractivity contribution in [1.82, 2.24) is 4.98 Å². The molecule has 0 saturated carbocycles. The van der Waals surface area contributed by atoms with Gasteiger partial charge in [0.2, 0.25) is 0 Å². The van der Waals surface area contributed by atoms with E-state index in [4.69, 9.17) is 5.73 Å². The Balaban J connectivity index is 2.24. The summed E-state index contributed by atoms with van der Waals surface area (Å²) in [4.78, 5) is 5.26. The highest BCUT2D eigenvalue weighted by Crippen LogP contribution is 2.38. The zero-order valence-corrected chi connectivity index (χ0v) is 14.3. The number of nitriles is 2. The lowest BCUT2D eigenvalue weighted by Gasteiger charge is -2.13. The molecule has 4 nitrogen and oxygen atoms in total. The zero-order chi connectivity index (χ0) is 17.8. The first-order valence-corrected chi connectivity index (χ1v) is 8.39. The first-order chi connectivity index (χ1) is 12.1. The first-order valence-electron chi connectivity index (χ1n) is 7.57. The zero-order valence-electron chi connectivity index (χ0n) is 13.5. The van der Waals surface area contributed by atoms with Gasteiger partial charge in [0.05, 0.1) is 5.56 Å².